The topological polar surface area (TPSA) is 0 Å². The van der Waals surface area contributed by atoms with Crippen molar-refractivity contribution in [1.29, 1.82) is 0 Å². The lowest BCUT2D eigenvalue weighted by Crippen LogP contribution is -1.97. The van der Waals surface area contributed by atoms with Gasteiger partial charge in [0.25, 0.3) is 0 Å². The van der Waals surface area contributed by atoms with E-state index in [9.17, 15) is 0 Å². The highest BCUT2D eigenvalue weighted by Gasteiger charge is 2.07. The van der Waals surface area contributed by atoms with E-state index in [4.69, 9.17) is 0 Å². The van der Waals surface area contributed by atoms with Crippen LogP contribution in [0.1, 0.15) is 30.4 Å². The molecule has 1 aliphatic rings. The van der Waals surface area contributed by atoms with Crippen molar-refractivity contribution in [3.8, 4) is 0 Å². The van der Waals surface area contributed by atoms with E-state index in [1.807, 2.05) is 0 Å². The minimum absolute atomic E-state index is 1.24. The first-order chi connectivity index (χ1) is 5.88. The molecule has 0 unspecified atom stereocenters. The Bertz CT molecular complexity index is 254. The van der Waals surface area contributed by atoms with Gasteiger partial charge in [-0.15, -0.1) is 0 Å². The fourth-order valence-corrected chi connectivity index (χ4v) is 2.49. The molecule has 0 saturated carbocycles. The minimum Gasteiger partial charge on any atom is -0.0616 e. The van der Waals surface area contributed by atoms with Crippen LogP contribution in [0, 0.1) is 0 Å². The molecule has 0 spiro atoms. The number of rotatable bonds is 0. The van der Waals surface area contributed by atoms with Gasteiger partial charge in [-0.3, -0.25) is 0 Å². The van der Waals surface area contributed by atoms with Crippen LogP contribution < -0.4 is 0 Å². The van der Waals surface area contributed by atoms with Gasteiger partial charge in [-0.2, -0.15) is 0 Å². The Labute approximate surface area is 82.1 Å². The van der Waals surface area contributed by atoms with Gasteiger partial charge >= 0.3 is 0 Å². The summed E-state index contributed by atoms with van der Waals surface area (Å²) in [5.41, 5.74) is 2.99. The van der Waals surface area contributed by atoms with Crippen LogP contribution in [0.4, 0.5) is 0 Å². The fraction of sp³-hybridized carbons (Fsp3) is 0.455. The summed E-state index contributed by atoms with van der Waals surface area (Å²) in [5, 5.41) is 0. The summed E-state index contributed by atoms with van der Waals surface area (Å²) in [6.45, 7) is 0. The third-order valence-electron chi connectivity index (χ3n) is 2.55. The van der Waals surface area contributed by atoms with Crippen molar-refractivity contribution in [3.63, 3.8) is 0 Å². The van der Waals surface area contributed by atoms with Gasteiger partial charge < -0.3 is 0 Å². The second kappa shape index (κ2) is 3.61. The van der Waals surface area contributed by atoms with Crippen molar-refractivity contribution >= 4 is 15.9 Å². The van der Waals surface area contributed by atoms with Crippen LogP contribution >= 0.6 is 15.9 Å². The molecule has 0 aromatic heterocycles. The third-order valence-corrected chi connectivity index (χ3v) is 3.57. The predicted molar refractivity (Wildman–Crippen MR) is 55.4 cm³/mol. The number of benzene rings is 1. The summed E-state index contributed by atoms with van der Waals surface area (Å²) in [7, 11) is 0. The summed E-state index contributed by atoms with van der Waals surface area (Å²) in [6.07, 6.45) is 6.57. The van der Waals surface area contributed by atoms with Crippen LogP contribution in [0.3, 0.4) is 0 Å². The van der Waals surface area contributed by atoms with Crippen molar-refractivity contribution < 1.29 is 0 Å². The van der Waals surface area contributed by atoms with Crippen LogP contribution in [0.5, 0.6) is 0 Å². The number of halogens is 1. The van der Waals surface area contributed by atoms with Crippen LogP contribution in [0.2, 0.25) is 0 Å². The van der Waals surface area contributed by atoms with Gasteiger partial charge in [-0.25, -0.2) is 0 Å². The maximum Gasteiger partial charge on any atom is 0.0239 e. The number of hydrogen-bond acceptors (Lipinski definition) is 0. The molecule has 0 fully saturated rings. The monoisotopic (exact) mass is 224 g/mol. The van der Waals surface area contributed by atoms with Gasteiger partial charge in [0.1, 0.15) is 0 Å². The maximum absolute atomic E-state index is 3.68. The van der Waals surface area contributed by atoms with E-state index in [1.54, 1.807) is 0 Å². The zero-order valence-electron chi connectivity index (χ0n) is 7.15. The van der Waals surface area contributed by atoms with E-state index in [1.165, 1.54) is 47.7 Å². The zero-order chi connectivity index (χ0) is 8.39. The molecule has 0 saturated heterocycles. The van der Waals surface area contributed by atoms with E-state index in [0.29, 0.717) is 0 Å². The molecule has 2 rings (SSSR count). The Kier molecular flexibility index (Phi) is 2.50. The molecular formula is C11H13Br. The second-order valence-corrected chi connectivity index (χ2v) is 4.24. The lowest BCUT2D eigenvalue weighted by molar-refractivity contribution is 0.662. The fourth-order valence-electron chi connectivity index (χ4n) is 1.83. The summed E-state index contributed by atoms with van der Waals surface area (Å²) >= 11 is 3.68. The largest absolute Gasteiger partial charge is 0.0616 e. The lowest BCUT2D eigenvalue weighted by Gasteiger charge is -2.13. The maximum atomic E-state index is 3.68. The summed E-state index contributed by atoms with van der Waals surface area (Å²) in [5.74, 6) is 0. The molecule has 1 aliphatic carbocycles. The Hall–Kier alpha value is -0.300. The summed E-state index contributed by atoms with van der Waals surface area (Å²) < 4.78 is 1.37. The van der Waals surface area contributed by atoms with Crippen LogP contribution in [-0.4, -0.2) is 0 Å². The highest BCUT2D eigenvalue weighted by molar-refractivity contribution is 9.10. The normalized spacial score (nSPS) is 16.8. The molecule has 64 valence electrons. The third kappa shape index (κ3) is 1.56. The summed E-state index contributed by atoms with van der Waals surface area (Å²) in [4.78, 5) is 0. The molecule has 0 heterocycles. The number of fused-ring (bicyclic) bond motifs is 2. The molecule has 1 heteroatoms. The van der Waals surface area contributed by atoms with Crippen LogP contribution in [0.15, 0.2) is 22.7 Å². The first-order valence-electron chi connectivity index (χ1n) is 4.64. The molecule has 1 aromatic rings. The molecule has 0 nitrogen and oxygen atoms in total. The Balaban J connectivity index is 2.42. The first kappa shape index (κ1) is 8.31. The van der Waals surface area contributed by atoms with E-state index < -0.39 is 0 Å². The number of hydrogen-bond donors (Lipinski definition) is 0. The van der Waals surface area contributed by atoms with Gasteiger partial charge in [-0.1, -0.05) is 40.5 Å². The van der Waals surface area contributed by atoms with Crippen molar-refractivity contribution in [2.45, 2.75) is 32.1 Å². The molecular weight excluding hydrogens is 212 g/mol. The summed E-state index contributed by atoms with van der Waals surface area (Å²) in [6, 6.07) is 6.65. The minimum atomic E-state index is 1.24. The molecule has 0 atom stereocenters. The number of aryl methyl sites for hydroxylation is 2. The highest BCUT2D eigenvalue weighted by atomic mass is 79.9. The quantitative estimate of drug-likeness (QED) is 0.631. The molecule has 12 heavy (non-hydrogen) atoms. The molecule has 0 aliphatic heterocycles. The highest BCUT2D eigenvalue weighted by Crippen LogP contribution is 2.27. The van der Waals surface area contributed by atoms with Gasteiger partial charge in [0.05, 0.1) is 0 Å². The Morgan fingerprint density at radius 1 is 0.917 bits per heavy atom. The standard InChI is InChI=1S/C11H13Br/c12-11-9-5-2-1-3-6-10(11)8-4-7-9/h4,7-8H,1-3,5-6H2. The van der Waals surface area contributed by atoms with Crippen LogP contribution in [-0.2, 0) is 12.8 Å². The molecule has 2 bridgehead atoms. The Morgan fingerprint density at radius 3 is 2.08 bits per heavy atom. The smallest absolute Gasteiger partial charge is 0.0239 e. The van der Waals surface area contributed by atoms with E-state index in [2.05, 4.69) is 34.1 Å². The SMILES string of the molecule is Brc1c2cccc1CCCCC2. The van der Waals surface area contributed by atoms with Gasteiger partial charge in [-0.05, 0) is 36.8 Å². The van der Waals surface area contributed by atoms with Gasteiger partial charge in [0.15, 0.2) is 0 Å². The van der Waals surface area contributed by atoms with Crippen molar-refractivity contribution in [1.82, 2.24) is 0 Å². The van der Waals surface area contributed by atoms with Gasteiger partial charge in [0.2, 0.25) is 0 Å². The van der Waals surface area contributed by atoms with Crippen molar-refractivity contribution in [2.24, 2.45) is 0 Å². The predicted octanol–water partition coefficient (Wildman–Crippen LogP) is 3.72. The molecule has 0 amide bonds. The first-order valence-corrected chi connectivity index (χ1v) is 5.43. The second-order valence-electron chi connectivity index (χ2n) is 3.45. The molecule has 1 aromatic carbocycles. The van der Waals surface area contributed by atoms with Crippen molar-refractivity contribution in [3.05, 3.63) is 33.8 Å². The van der Waals surface area contributed by atoms with E-state index >= 15 is 0 Å². The van der Waals surface area contributed by atoms with Crippen molar-refractivity contribution in [2.75, 3.05) is 0 Å². The van der Waals surface area contributed by atoms with Gasteiger partial charge in [0, 0.05) is 4.47 Å². The molecule has 0 radical (unpaired) electrons. The van der Waals surface area contributed by atoms with E-state index in [0.717, 1.165) is 0 Å². The lowest BCUT2D eigenvalue weighted by atomic mass is 9.97. The average molecular weight is 225 g/mol. The van der Waals surface area contributed by atoms with Crippen LogP contribution in [0.25, 0.3) is 0 Å². The average Bonchev–Trinajstić information content (AvgIpc) is 2.10. The molecule has 0 N–H and O–H groups in total. The zero-order valence-corrected chi connectivity index (χ0v) is 8.73. The Morgan fingerprint density at radius 2 is 1.50 bits per heavy atom. The van der Waals surface area contributed by atoms with E-state index in [-0.39, 0.29) is 0 Å².